The molecule has 1 heterocycles. The van der Waals surface area contributed by atoms with Gasteiger partial charge in [-0.05, 0) is 46.1 Å². The summed E-state index contributed by atoms with van der Waals surface area (Å²) >= 11 is 1.51. The predicted molar refractivity (Wildman–Crippen MR) is 130 cm³/mol. The third kappa shape index (κ3) is 11.3. The van der Waals surface area contributed by atoms with E-state index < -0.39 is 24.3 Å². The number of hydrogen-bond acceptors (Lipinski definition) is 8. The predicted octanol–water partition coefficient (Wildman–Crippen LogP) is 5.25. The first kappa shape index (κ1) is 30.0. The molecule has 196 valence electrons. The molecule has 0 fully saturated rings. The van der Waals surface area contributed by atoms with Gasteiger partial charge in [0.1, 0.15) is 5.75 Å². The van der Waals surface area contributed by atoms with Crippen LogP contribution in [0.25, 0.3) is 0 Å². The normalized spacial score (nSPS) is 11.3. The van der Waals surface area contributed by atoms with E-state index >= 15 is 0 Å². The minimum Gasteiger partial charge on any atom is -0.428 e. The molecule has 2 amide bonds. The fraction of sp³-hybridized carbons (Fsp3) is 0.524. The lowest BCUT2D eigenvalue weighted by Crippen LogP contribution is -2.33. The number of thioether (sulfide) groups is 1. The minimum atomic E-state index is -4.58. The van der Waals surface area contributed by atoms with Gasteiger partial charge in [0.05, 0.1) is 0 Å². The van der Waals surface area contributed by atoms with Crippen LogP contribution in [0.4, 0.5) is 39.9 Å². The number of ether oxygens (including phenoxy) is 1. The van der Waals surface area contributed by atoms with Gasteiger partial charge in [-0.15, -0.1) is 0 Å². The number of halogens is 4. The molecule has 35 heavy (non-hydrogen) atoms. The van der Waals surface area contributed by atoms with Crippen LogP contribution in [0.3, 0.4) is 0 Å². The van der Waals surface area contributed by atoms with Crippen LogP contribution in [0.5, 0.6) is 5.75 Å². The zero-order valence-corrected chi connectivity index (χ0v) is 21.4. The van der Waals surface area contributed by atoms with Gasteiger partial charge in [-0.2, -0.15) is 32.5 Å². The van der Waals surface area contributed by atoms with Crippen molar-refractivity contribution in [2.75, 3.05) is 42.8 Å². The van der Waals surface area contributed by atoms with Gasteiger partial charge in [0, 0.05) is 37.9 Å². The molecule has 0 saturated heterocycles. The Morgan fingerprint density at radius 2 is 1.77 bits per heavy atom. The van der Waals surface area contributed by atoms with Gasteiger partial charge >= 0.3 is 18.6 Å². The van der Waals surface area contributed by atoms with Crippen molar-refractivity contribution in [3.8, 4) is 5.75 Å². The Kier molecular flexibility index (Phi) is 11.3. The average Bonchev–Trinajstić information content (AvgIpc) is 2.72. The highest BCUT2D eigenvalue weighted by Gasteiger charge is 2.44. The van der Waals surface area contributed by atoms with Crippen molar-refractivity contribution in [3.63, 3.8) is 0 Å². The number of anilines is 3. The topological polar surface area (TPSA) is 104 Å². The second kappa shape index (κ2) is 13.2. The smallest absolute Gasteiger partial charge is 0.428 e. The average molecular weight is 522 g/mol. The van der Waals surface area contributed by atoms with E-state index in [0.29, 0.717) is 11.9 Å². The van der Waals surface area contributed by atoms with Crippen LogP contribution in [0.1, 0.15) is 27.7 Å². The molecule has 0 unspecified atom stereocenters. The zero-order valence-electron chi connectivity index (χ0n) is 20.6. The van der Waals surface area contributed by atoms with Crippen LogP contribution in [0.15, 0.2) is 29.4 Å². The molecule has 2 aromatic rings. The molecule has 0 atom stereocenters. The monoisotopic (exact) mass is 521 g/mol. The molecule has 0 aliphatic heterocycles. The summed E-state index contributed by atoms with van der Waals surface area (Å²) in [5.74, 6) is 0.762. The Hall–Kier alpha value is -3.03. The highest BCUT2D eigenvalue weighted by atomic mass is 32.2. The van der Waals surface area contributed by atoms with E-state index in [2.05, 4.69) is 56.4 Å². The SMILES string of the molecule is CCNc1nc(NC(C)(C)C)nc(SC)n1.CN(C)C(=O)Nc1cccc(OC(F)(F)C(F)F)c1. The van der Waals surface area contributed by atoms with Crippen LogP contribution in [-0.2, 0) is 0 Å². The lowest BCUT2D eigenvalue weighted by atomic mass is 10.1. The molecule has 0 aliphatic carbocycles. The lowest BCUT2D eigenvalue weighted by molar-refractivity contribution is -0.253. The number of hydrogen-bond donors (Lipinski definition) is 3. The summed E-state index contributed by atoms with van der Waals surface area (Å²) in [5.41, 5.74) is 0.0989. The zero-order chi connectivity index (χ0) is 26.8. The molecule has 1 aromatic carbocycles. The fourth-order valence-corrected chi connectivity index (χ4v) is 2.51. The minimum absolute atomic E-state index is 0.0550. The summed E-state index contributed by atoms with van der Waals surface area (Å²) in [4.78, 5) is 25.4. The maximum Gasteiger partial charge on any atom is 0.461 e. The van der Waals surface area contributed by atoms with Gasteiger partial charge in [-0.25, -0.2) is 4.79 Å². The van der Waals surface area contributed by atoms with Gasteiger partial charge in [0.2, 0.25) is 11.9 Å². The van der Waals surface area contributed by atoms with Crippen LogP contribution in [-0.4, -0.2) is 70.9 Å². The van der Waals surface area contributed by atoms with Gasteiger partial charge in [-0.1, -0.05) is 17.8 Å². The standard InChI is InChI=1S/C11H12F4N2O2.C10H19N5S/c1-17(2)10(18)16-7-4-3-5-8(6-7)19-11(14,15)9(12)13;1-6-11-7-12-8(15-10(2,3)4)14-9(13-7)16-5/h3-6,9H,1-2H3,(H,16,18);6H2,1-5H3,(H2,11,12,13,14,15). The number of alkyl halides is 4. The van der Waals surface area contributed by atoms with E-state index in [1.165, 1.54) is 42.9 Å². The third-order valence-corrected chi connectivity index (χ3v) is 4.17. The van der Waals surface area contributed by atoms with Crippen molar-refractivity contribution in [3.05, 3.63) is 24.3 Å². The van der Waals surface area contributed by atoms with Crippen molar-refractivity contribution in [1.29, 1.82) is 0 Å². The summed E-state index contributed by atoms with van der Waals surface area (Å²) in [5, 5.41) is 9.42. The van der Waals surface area contributed by atoms with Crippen molar-refractivity contribution >= 4 is 35.4 Å². The van der Waals surface area contributed by atoms with Crippen LogP contribution in [0.2, 0.25) is 0 Å². The second-order valence-corrected chi connectivity index (χ2v) is 8.97. The quantitative estimate of drug-likeness (QED) is 0.320. The molecular formula is C21H31F4N7O2S. The molecule has 0 saturated carbocycles. The molecule has 0 spiro atoms. The fourth-order valence-electron chi connectivity index (χ4n) is 2.15. The summed E-state index contributed by atoms with van der Waals surface area (Å²) in [7, 11) is 2.97. The molecule has 0 bridgehead atoms. The van der Waals surface area contributed by atoms with E-state index in [4.69, 9.17) is 0 Å². The van der Waals surface area contributed by atoms with Gasteiger partial charge in [-0.3, -0.25) is 0 Å². The number of amides is 2. The van der Waals surface area contributed by atoms with E-state index in [1.807, 2.05) is 13.2 Å². The van der Waals surface area contributed by atoms with Crippen LogP contribution >= 0.6 is 11.8 Å². The Labute approximate surface area is 206 Å². The number of carbonyl (C=O) groups excluding carboxylic acids is 1. The molecule has 9 nitrogen and oxygen atoms in total. The number of benzene rings is 1. The number of aromatic nitrogens is 3. The van der Waals surface area contributed by atoms with Gasteiger partial charge < -0.3 is 25.6 Å². The van der Waals surface area contributed by atoms with Crippen LogP contribution in [0, 0.1) is 0 Å². The highest BCUT2D eigenvalue weighted by Crippen LogP contribution is 2.28. The Morgan fingerprint density at radius 1 is 1.14 bits per heavy atom. The van der Waals surface area contributed by atoms with Crippen molar-refractivity contribution in [1.82, 2.24) is 19.9 Å². The highest BCUT2D eigenvalue weighted by molar-refractivity contribution is 7.98. The summed E-state index contributed by atoms with van der Waals surface area (Å²) in [6, 6.07) is 4.33. The molecule has 1 aromatic heterocycles. The number of rotatable bonds is 8. The van der Waals surface area contributed by atoms with Crippen molar-refractivity contribution in [2.24, 2.45) is 0 Å². The van der Waals surface area contributed by atoms with Gasteiger partial charge in [0.25, 0.3) is 0 Å². The van der Waals surface area contributed by atoms with Crippen LogP contribution < -0.4 is 20.7 Å². The van der Waals surface area contributed by atoms with E-state index in [-0.39, 0.29) is 11.2 Å². The number of nitrogens with zero attached hydrogens (tertiary/aromatic N) is 4. The Balaban J connectivity index is 0.000000355. The van der Waals surface area contributed by atoms with E-state index in [0.717, 1.165) is 23.8 Å². The largest absolute Gasteiger partial charge is 0.461 e. The lowest BCUT2D eigenvalue weighted by Gasteiger charge is -2.20. The molecule has 14 heteroatoms. The summed E-state index contributed by atoms with van der Waals surface area (Å²) in [6.07, 6.45) is -6.57. The molecule has 2 rings (SSSR count). The second-order valence-electron chi connectivity index (χ2n) is 8.19. The van der Waals surface area contributed by atoms with Crippen molar-refractivity contribution in [2.45, 2.75) is 50.9 Å². The summed E-state index contributed by atoms with van der Waals surface area (Å²) in [6.45, 7) is 9.03. The number of urea groups is 1. The molecule has 0 aliphatic rings. The van der Waals surface area contributed by atoms with Crippen molar-refractivity contribution < 1.29 is 27.1 Å². The first-order valence-corrected chi connectivity index (χ1v) is 11.6. The Morgan fingerprint density at radius 3 is 2.29 bits per heavy atom. The number of carbonyl (C=O) groups is 1. The Bertz CT molecular complexity index is 960. The van der Waals surface area contributed by atoms with Gasteiger partial charge in [0.15, 0.2) is 5.16 Å². The number of nitrogens with one attached hydrogen (secondary N) is 3. The molecule has 0 radical (unpaired) electrons. The maximum absolute atomic E-state index is 12.7. The van der Waals surface area contributed by atoms with E-state index in [1.54, 1.807) is 0 Å². The summed E-state index contributed by atoms with van der Waals surface area (Å²) < 4.78 is 53.2. The van der Waals surface area contributed by atoms with E-state index in [9.17, 15) is 22.4 Å². The molecule has 3 N–H and O–H groups in total. The first-order valence-electron chi connectivity index (χ1n) is 10.4. The maximum atomic E-state index is 12.7. The first-order chi connectivity index (χ1) is 16.2. The molecular weight excluding hydrogens is 490 g/mol. The third-order valence-electron chi connectivity index (χ3n) is 3.62.